The molecule has 0 atom stereocenters. The van der Waals surface area contributed by atoms with Crippen molar-refractivity contribution in [2.75, 3.05) is 7.11 Å². The second-order valence-corrected chi connectivity index (χ2v) is 4.84. The van der Waals surface area contributed by atoms with Crippen LogP contribution >= 0.6 is 15.9 Å². The van der Waals surface area contributed by atoms with E-state index < -0.39 is 16.2 Å². The van der Waals surface area contributed by atoms with Crippen molar-refractivity contribution in [2.45, 2.75) is 6.54 Å². The number of hydrogen-bond acceptors (Lipinski definition) is 5. The topological polar surface area (TPSA) is 87.3 Å². The number of methoxy groups -OCH3 is 1. The quantitative estimate of drug-likeness (QED) is 0.627. The number of nitro groups is 1. The lowest BCUT2D eigenvalue weighted by Crippen LogP contribution is -2.23. The first kappa shape index (κ1) is 14.2. The lowest BCUT2D eigenvalue weighted by atomic mass is 10.3. The normalized spacial score (nSPS) is 10.3. The zero-order chi connectivity index (χ0) is 14.7. The molecule has 20 heavy (non-hydrogen) atoms. The molecule has 0 aliphatic heterocycles. The second-order valence-electron chi connectivity index (χ2n) is 3.92. The van der Waals surface area contributed by atoms with Crippen LogP contribution in [-0.2, 0) is 6.54 Å². The lowest BCUT2D eigenvalue weighted by Gasteiger charge is -2.07. The molecule has 0 bridgehead atoms. The fourth-order valence-corrected chi connectivity index (χ4v) is 2.14. The average molecular weight is 340 g/mol. The Morgan fingerprint density at radius 1 is 1.50 bits per heavy atom. The van der Waals surface area contributed by atoms with Gasteiger partial charge in [0.1, 0.15) is 5.75 Å². The molecule has 2 aromatic rings. The second kappa shape index (κ2) is 5.83. The SMILES string of the molecule is COc1ccnc(Cn2cc(Br)cc([N+](=O)[O-])c2=O)c1. The van der Waals surface area contributed by atoms with Gasteiger partial charge in [0, 0.05) is 29.0 Å². The maximum absolute atomic E-state index is 12.0. The molecule has 0 saturated carbocycles. The molecule has 0 unspecified atom stereocenters. The molecule has 0 aliphatic rings. The van der Waals surface area contributed by atoms with Gasteiger partial charge in [-0.3, -0.25) is 19.9 Å². The first-order valence-electron chi connectivity index (χ1n) is 5.54. The molecule has 2 heterocycles. The van der Waals surface area contributed by atoms with Crippen LogP contribution in [0.15, 0.2) is 39.9 Å². The van der Waals surface area contributed by atoms with Crippen LogP contribution in [-0.4, -0.2) is 21.6 Å². The fraction of sp³-hybridized carbons (Fsp3) is 0.167. The minimum absolute atomic E-state index is 0.121. The number of ether oxygens (including phenoxy) is 1. The van der Waals surface area contributed by atoms with E-state index in [1.165, 1.54) is 23.9 Å². The molecule has 0 saturated heterocycles. The van der Waals surface area contributed by atoms with Crippen molar-refractivity contribution in [3.8, 4) is 5.75 Å². The van der Waals surface area contributed by atoms with E-state index in [1.807, 2.05) is 0 Å². The predicted octanol–water partition coefficient (Wildman–Crippen LogP) is 1.97. The molecule has 8 heteroatoms. The van der Waals surface area contributed by atoms with Gasteiger partial charge < -0.3 is 9.30 Å². The summed E-state index contributed by atoms with van der Waals surface area (Å²) in [6.07, 6.45) is 3.03. The number of rotatable bonds is 4. The van der Waals surface area contributed by atoms with E-state index in [9.17, 15) is 14.9 Å². The molecule has 0 aromatic carbocycles. The van der Waals surface area contributed by atoms with Gasteiger partial charge >= 0.3 is 11.2 Å². The van der Waals surface area contributed by atoms with Crippen LogP contribution < -0.4 is 10.3 Å². The highest BCUT2D eigenvalue weighted by molar-refractivity contribution is 9.10. The number of aromatic nitrogens is 2. The highest BCUT2D eigenvalue weighted by Gasteiger charge is 2.16. The van der Waals surface area contributed by atoms with E-state index in [-0.39, 0.29) is 6.54 Å². The van der Waals surface area contributed by atoms with Crippen LogP contribution in [0.5, 0.6) is 5.75 Å². The first-order valence-corrected chi connectivity index (χ1v) is 6.34. The molecule has 0 radical (unpaired) electrons. The van der Waals surface area contributed by atoms with Gasteiger partial charge in [-0.15, -0.1) is 0 Å². The third-order valence-corrected chi connectivity index (χ3v) is 3.02. The zero-order valence-corrected chi connectivity index (χ0v) is 12.0. The molecule has 0 spiro atoms. The minimum Gasteiger partial charge on any atom is -0.497 e. The molecule has 0 fully saturated rings. The molecular formula is C12H10BrN3O4. The van der Waals surface area contributed by atoms with Crippen molar-refractivity contribution in [1.29, 1.82) is 0 Å². The van der Waals surface area contributed by atoms with E-state index in [1.54, 1.807) is 18.3 Å². The summed E-state index contributed by atoms with van der Waals surface area (Å²) in [6, 6.07) is 4.52. The molecule has 104 valence electrons. The van der Waals surface area contributed by atoms with Crippen LogP contribution in [0.25, 0.3) is 0 Å². The monoisotopic (exact) mass is 339 g/mol. The summed E-state index contributed by atoms with van der Waals surface area (Å²) in [7, 11) is 1.52. The van der Waals surface area contributed by atoms with Gasteiger partial charge in [0.2, 0.25) is 0 Å². The first-order chi connectivity index (χ1) is 9.51. The largest absolute Gasteiger partial charge is 0.497 e. The van der Waals surface area contributed by atoms with Gasteiger partial charge in [-0.2, -0.15) is 0 Å². The van der Waals surface area contributed by atoms with E-state index >= 15 is 0 Å². The maximum atomic E-state index is 12.0. The molecular weight excluding hydrogens is 330 g/mol. The predicted molar refractivity (Wildman–Crippen MR) is 74.9 cm³/mol. The molecule has 0 aliphatic carbocycles. The number of hydrogen-bond donors (Lipinski definition) is 0. The van der Waals surface area contributed by atoms with Crippen molar-refractivity contribution in [1.82, 2.24) is 9.55 Å². The molecule has 2 rings (SSSR count). The Morgan fingerprint density at radius 2 is 2.25 bits per heavy atom. The van der Waals surface area contributed by atoms with Crippen molar-refractivity contribution in [3.05, 3.63) is 61.2 Å². The van der Waals surface area contributed by atoms with E-state index in [0.717, 1.165) is 0 Å². The summed E-state index contributed by atoms with van der Waals surface area (Å²) in [5.41, 5.74) is -0.594. The fourth-order valence-electron chi connectivity index (χ4n) is 1.68. The third-order valence-electron chi connectivity index (χ3n) is 2.59. The summed E-state index contributed by atoms with van der Waals surface area (Å²) in [6.45, 7) is 0.121. The average Bonchev–Trinajstić information content (AvgIpc) is 2.42. The lowest BCUT2D eigenvalue weighted by molar-refractivity contribution is -0.386. The Morgan fingerprint density at radius 3 is 2.90 bits per heavy atom. The Balaban J connectivity index is 2.43. The van der Waals surface area contributed by atoms with E-state index in [2.05, 4.69) is 20.9 Å². The van der Waals surface area contributed by atoms with Gasteiger partial charge in [0.05, 0.1) is 24.3 Å². The summed E-state index contributed by atoms with van der Waals surface area (Å²) in [4.78, 5) is 26.2. The van der Waals surface area contributed by atoms with Crippen LogP contribution in [0.1, 0.15) is 5.69 Å². The van der Waals surface area contributed by atoms with Crippen LogP contribution in [0.4, 0.5) is 5.69 Å². The van der Waals surface area contributed by atoms with E-state index in [0.29, 0.717) is 15.9 Å². The minimum atomic E-state index is -0.706. The molecule has 0 amide bonds. The summed E-state index contributed by atoms with van der Waals surface area (Å²) >= 11 is 3.15. The standard InChI is InChI=1S/C12H10BrN3O4/c1-20-10-2-3-14-9(5-10)7-15-6-8(13)4-11(12(15)17)16(18)19/h2-6H,7H2,1H3. The van der Waals surface area contributed by atoms with Gasteiger partial charge in [0.15, 0.2) is 0 Å². The van der Waals surface area contributed by atoms with Crippen LogP contribution in [0.3, 0.4) is 0 Å². The van der Waals surface area contributed by atoms with Gasteiger partial charge in [-0.25, -0.2) is 0 Å². The van der Waals surface area contributed by atoms with Gasteiger partial charge in [-0.05, 0) is 22.0 Å². The summed E-state index contributed by atoms with van der Waals surface area (Å²) < 4.78 is 6.74. The molecule has 2 aromatic heterocycles. The van der Waals surface area contributed by atoms with Crippen LogP contribution in [0.2, 0.25) is 0 Å². The Labute approximate surface area is 122 Å². The molecule has 0 N–H and O–H groups in total. The Kier molecular flexibility index (Phi) is 4.14. The summed E-state index contributed by atoms with van der Waals surface area (Å²) in [5, 5.41) is 10.8. The maximum Gasteiger partial charge on any atom is 0.335 e. The Bertz CT molecular complexity index is 714. The van der Waals surface area contributed by atoms with Gasteiger partial charge in [-0.1, -0.05) is 0 Å². The van der Waals surface area contributed by atoms with Gasteiger partial charge in [0.25, 0.3) is 0 Å². The number of nitrogens with zero attached hydrogens (tertiary/aromatic N) is 3. The van der Waals surface area contributed by atoms with E-state index in [4.69, 9.17) is 4.74 Å². The molecule has 7 nitrogen and oxygen atoms in total. The highest BCUT2D eigenvalue weighted by atomic mass is 79.9. The van der Waals surface area contributed by atoms with Crippen LogP contribution in [0, 0.1) is 10.1 Å². The smallest absolute Gasteiger partial charge is 0.335 e. The number of halogens is 1. The third kappa shape index (κ3) is 3.02. The summed E-state index contributed by atoms with van der Waals surface area (Å²) in [5.74, 6) is 0.604. The number of pyridine rings is 2. The van der Waals surface area contributed by atoms with Crippen molar-refractivity contribution in [3.63, 3.8) is 0 Å². The van der Waals surface area contributed by atoms with Crippen molar-refractivity contribution >= 4 is 21.6 Å². The van der Waals surface area contributed by atoms with Crippen molar-refractivity contribution in [2.24, 2.45) is 0 Å². The van der Waals surface area contributed by atoms with Crippen molar-refractivity contribution < 1.29 is 9.66 Å². The highest BCUT2D eigenvalue weighted by Crippen LogP contribution is 2.15. The Hall–Kier alpha value is -2.22. The zero-order valence-electron chi connectivity index (χ0n) is 10.4.